The lowest BCUT2D eigenvalue weighted by molar-refractivity contribution is -0.127. The Labute approximate surface area is 186 Å². The van der Waals surface area contributed by atoms with Crippen LogP contribution >= 0.6 is 11.3 Å². The molecule has 0 aliphatic carbocycles. The van der Waals surface area contributed by atoms with Gasteiger partial charge in [0.25, 0.3) is 0 Å². The molecule has 0 saturated carbocycles. The first-order chi connectivity index (χ1) is 14.9. The van der Waals surface area contributed by atoms with E-state index in [0.29, 0.717) is 25.1 Å². The number of amides is 1. The van der Waals surface area contributed by atoms with Gasteiger partial charge >= 0.3 is 0 Å². The average Bonchev–Trinajstić information content (AvgIpc) is 3.12. The second-order valence-electron chi connectivity index (χ2n) is 8.95. The van der Waals surface area contributed by atoms with E-state index in [0.717, 1.165) is 42.8 Å². The molecule has 7 heteroatoms. The quantitative estimate of drug-likeness (QED) is 0.718. The van der Waals surface area contributed by atoms with Gasteiger partial charge in [0.15, 0.2) is 5.13 Å². The van der Waals surface area contributed by atoms with E-state index in [1.54, 1.807) is 24.3 Å². The normalized spacial score (nSPS) is 19.4. The summed E-state index contributed by atoms with van der Waals surface area (Å²) < 4.78 is 34.3. The maximum Gasteiger partial charge on any atom is 0.224 e. The van der Waals surface area contributed by atoms with Gasteiger partial charge in [-0.25, -0.2) is 4.39 Å². The second kappa shape index (κ2) is 9.35. The van der Waals surface area contributed by atoms with Crippen molar-refractivity contribution in [3.8, 4) is 0 Å². The van der Waals surface area contributed by atoms with Gasteiger partial charge in [-0.2, -0.15) is 4.39 Å². The number of halogens is 2. The maximum absolute atomic E-state index is 14.2. The van der Waals surface area contributed by atoms with Gasteiger partial charge in [-0.05, 0) is 62.8 Å². The topological polar surface area (TPSA) is 41.6 Å². The first kappa shape index (κ1) is 22.4. The van der Waals surface area contributed by atoms with Crippen molar-refractivity contribution in [2.24, 2.45) is 5.92 Å². The van der Waals surface area contributed by atoms with E-state index in [4.69, 9.17) is 4.74 Å². The molecule has 4 rings (SSSR count). The smallest absolute Gasteiger partial charge is 0.224 e. The summed E-state index contributed by atoms with van der Waals surface area (Å²) in [7, 11) is 0. The molecule has 1 amide bonds. The SMILES string of the molecule is CC(C)NC(=O)[C@H](Cc1ccccc1F)CN1CCC2(CC1)OCCc1cc(F)sc12. The third-order valence-electron chi connectivity index (χ3n) is 6.31. The number of fused-ring (bicyclic) bond motifs is 2. The van der Waals surface area contributed by atoms with Gasteiger partial charge in [0, 0.05) is 30.6 Å². The molecule has 1 aromatic carbocycles. The maximum atomic E-state index is 14.2. The summed E-state index contributed by atoms with van der Waals surface area (Å²) in [6.45, 7) is 6.58. The molecule has 31 heavy (non-hydrogen) atoms. The summed E-state index contributed by atoms with van der Waals surface area (Å²) in [5.41, 5.74) is 1.24. The minimum Gasteiger partial charge on any atom is -0.369 e. The number of piperidine rings is 1. The van der Waals surface area contributed by atoms with Gasteiger partial charge < -0.3 is 15.0 Å². The highest BCUT2D eigenvalue weighted by Crippen LogP contribution is 2.45. The summed E-state index contributed by atoms with van der Waals surface area (Å²) in [5.74, 6) is -0.657. The number of nitrogens with zero attached hydrogens (tertiary/aromatic N) is 1. The zero-order chi connectivity index (χ0) is 22.0. The van der Waals surface area contributed by atoms with Gasteiger partial charge in [-0.3, -0.25) is 4.79 Å². The number of ether oxygens (including phenoxy) is 1. The zero-order valence-electron chi connectivity index (χ0n) is 18.1. The van der Waals surface area contributed by atoms with Crippen molar-refractivity contribution < 1.29 is 18.3 Å². The Kier molecular flexibility index (Phi) is 6.74. The van der Waals surface area contributed by atoms with Crippen LogP contribution in [0, 0.1) is 16.9 Å². The van der Waals surface area contributed by atoms with Crippen molar-refractivity contribution in [1.29, 1.82) is 0 Å². The number of hydrogen-bond acceptors (Lipinski definition) is 4. The van der Waals surface area contributed by atoms with E-state index >= 15 is 0 Å². The van der Waals surface area contributed by atoms with E-state index in [1.165, 1.54) is 17.4 Å². The van der Waals surface area contributed by atoms with Gasteiger partial charge in [0.2, 0.25) is 5.91 Å². The molecule has 1 atom stereocenters. The van der Waals surface area contributed by atoms with Crippen LogP contribution in [0.4, 0.5) is 8.78 Å². The number of thiophene rings is 1. The molecule has 2 aliphatic heterocycles. The summed E-state index contributed by atoms with van der Waals surface area (Å²) in [5, 5.41) is 2.85. The Bertz CT molecular complexity index is 922. The van der Waals surface area contributed by atoms with Gasteiger partial charge in [-0.15, -0.1) is 11.3 Å². The Morgan fingerprint density at radius 3 is 2.71 bits per heavy atom. The molecule has 0 bridgehead atoms. The van der Waals surface area contributed by atoms with Crippen LogP contribution in [-0.4, -0.2) is 43.1 Å². The standard InChI is InChI=1S/C24H30F2N2O2S/c1-16(2)27-23(29)19(13-17-5-3-4-6-20(17)25)15-28-10-8-24(9-11-28)22-18(7-12-30-24)14-21(26)31-22/h3-6,14,16,19H,7-13,15H2,1-2H3,(H,27,29)/t19-/m1/s1. The molecular weight excluding hydrogens is 418 g/mol. The Hall–Kier alpha value is -1.83. The summed E-state index contributed by atoms with van der Waals surface area (Å²) in [4.78, 5) is 16.2. The fourth-order valence-electron chi connectivity index (χ4n) is 4.74. The zero-order valence-corrected chi connectivity index (χ0v) is 18.9. The predicted molar refractivity (Wildman–Crippen MR) is 118 cm³/mol. The molecule has 1 fully saturated rings. The fourth-order valence-corrected chi connectivity index (χ4v) is 5.88. The van der Waals surface area contributed by atoms with Crippen LogP contribution in [0.15, 0.2) is 30.3 Å². The average molecular weight is 449 g/mol. The van der Waals surface area contributed by atoms with Crippen molar-refractivity contribution in [3.63, 3.8) is 0 Å². The lowest BCUT2D eigenvalue weighted by Gasteiger charge is -2.44. The minimum absolute atomic E-state index is 0.0306. The monoisotopic (exact) mass is 448 g/mol. The van der Waals surface area contributed by atoms with Crippen molar-refractivity contribution in [3.05, 3.63) is 57.3 Å². The molecular formula is C24H30F2N2O2S. The molecule has 4 nitrogen and oxygen atoms in total. The Morgan fingerprint density at radius 2 is 2.00 bits per heavy atom. The second-order valence-corrected chi connectivity index (χ2v) is 9.96. The molecule has 0 unspecified atom stereocenters. The van der Waals surface area contributed by atoms with Crippen LogP contribution in [-0.2, 0) is 28.0 Å². The van der Waals surface area contributed by atoms with Crippen LogP contribution < -0.4 is 5.32 Å². The lowest BCUT2D eigenvalue weighted by atomic mass is 9.85. The lowest BCUT2D eigenvalue weighted by Crippen LogP contribution is -2.49. The highest BCUT2D eigenvalue weighted by Gasteiger charge is 2.43. The highest BCUT2D eigenvalue weighted by atomic mass is 32.1. The van der Waals surface area contributed by atoms with Crippen LogP contribution in [0.25, 0.3) is 0 Å². The van der Waals surface area contributed by atoms with Crippen LogP contribution in [0.2, 0.25) is 0 Å². The fraction of sp³-hybridized carbons (Fsp3) is 0.542. The molecule has 1 spiro atoms. The highest BCUT2D eigenvalue weighted by molar-refractivity contribution is 7.10. The Morgan fingerprint density at radius 1 is 1.26 bits per heavy atom. The summed E-state index contributed by atoms with van der Waals surface area (Å²) >= 11 is 1.21. The number of carbonyl (C=O) groups is 1. The first-order valence-corrected chi connectivity index (χ1v) is 11.9. The van der Waals surface area contributed by atoms with E-state index in [9.17, 15) is 13.6 Å². The van der Waals surface area contributed by atoms with E-state index < -0.39 is 5.60 Å². The molecule has 2 aromatic rings. The summed E-state index contributed by atoms with van der Waals surface area (Å²) in [6.07, 6.45) is 2.68. The number of benzene rings is 1. The molecule has 3 heterocycles. The number of carbonyl (C=O) groups excluding carboxylic acids is 1. The van der Waals surface area contributed by atoms with Crippen molar-refractivity contribution in [1.82, 2.24) is 10.2 Å². The molecule has 0 radical (unpaired) electrons. The molecule has 1 saturated heterocycles. The number of likely N-dealkylation sites (tertiary alicyclic amines) is 1. The van der Waals surface area contributed by atoms with Gasteiger partial charge in [0.1, 0.15) is 11.4 Å². The van der Waals surface area contributed by atoms with Crippen LogP contribution in [0.3, 0.4) is 0 Å². The van der Waals surface area contributed by atoms with Gasteiger partial charge in [-0.1, -0.05) is 18.2 Å². The number of hydrogen-bond donors (Lipinski definition) is 1. The molecule has 1 N–H and O–H groups in total. The minimum atomic E-state index is -0.402. The predicted octanol–water partition coefficient (Wildman–Crippen LogP) is 4.27. The summed E-state index contributed by atoms with van der Waals surface area (Å²) in [6, 6.07) is 8.34. The third kappa shape index (κ3) is 4.99. The molecule has 1 aromatic heterocycles. The van der Waals surface area contributed by atoms with E-state index in [1.807, 2.05) is 13.8 Å². The van der Waals surface area contributed by atoms with E-state index in [-0.39, 0.29) is 28.8 Å². The van der Waals surface area contributed by atoms with E-state index in [2.05, 4.69) is 10.2 Å². The van der Waals surface area contributed by atoms with Gasteiger partial charge in [0.05, 0.1) is 12.5 Å². The van der Waals surface area contributed by atoms with Crippen molar-refractivity contribution in [2.45, 2.75) is 51.2 Å². The number of nitrogens with one attached hydrogen (secondary N) is 1. The number of rotatable bonds is 6. The third-order valence-corrected chi connectivity index (χ3v) is 7.46. The largest absolute Gasteiger partial charge is 0.369 e. The first-order valence-electron chi connectivity index (χ1n) is 11.0. The Balaban J connectivity index is 1.45. The van der Waals surface area contributed by atoms with Crippen LogP contribution in [0.1, 0.15) is 42.7 Å². The molecule has 2 aliphatic rings. The molecule has 168 valence electrons. The van der Waals surface area contributed by atoms with Crippen LogP contribution in [0.5, 0.6) is 0 Å². The van der Waals surface area contributed by atoms with Crippen molar-refractivity contribution >= 4 is 17.2 Å². The van der Waals surface area contributed by atoms with Crippen molar-refractivity contribution in [2.75, 3.05) is 26.2 Å².